The molecule has 0 atom stereocenters. The highest BCUT2D eigenvalue weighted by Crippen LogP contribution is 2.26. The largest absolute Gasteiger partial charge is 0.372 e. The van der Waals surface area contributed by atoms with Crippen LogP contribution in [0.5, 0.6) is 0 Å². The van der Waals surface area contributed by atoms with Gasteiger partial charge in [-0.25, -0.2) is 0 Å². The summed E-state index contributed by atoms with van der Waals surface area (Å²) in [7, 11) is 1.85. The van der Waals surface area contributed by atoms with Gasteiger partial charge in [-0.05, 0) is 6.92 Å². The molecule has 2 rings (SSSR count). The van der Waals surface area contributed by atoms with Crippen LogP contribution in [0.3, 0.4) is 0 Å². The fourth-order valence-corrected chi connectivity index (χ4v) is 1.41. The van der Waals surface area contributed by atoms with Gasteiger partial charge in [-0.3, -0.25) is 0 Å². The minimum Gasteiger partial charge on any atom is -0.372 e. The molecule has 64 valence electrons. The molecular formula is C8H11N3O. The summed E-state index contributed by atoms with van der Waals surface area (Å²) in [6.45, 7) is 3.28. The zero-order valence-corrected chi connectivity index (χ0v) is 7.22. The van der Waals surface area contributed by atoms with Crippen molar-refractivity contribution in [3.05, 3.63) is 16.8 Å². The molecule has 1 aliphatic heterocycles. The summed E-state index contributed by atoms with van der Waals surface area (Å²) in [5, 5.41) is 11.1. The van der Waals surface area contributed by atoms with Crippen LogP contribution in [0.2, 0.25) is 0 Å². The second kappa shape index (κ2) is 2.71. The molecule has 1 aromatic rings. The molecule has 1 N–H and O–H groups in total. The van der Waals surface area contributed by atoms with Crippen LogP contribution in [-0.4, -0.2) is 17.2 Å². The standard InChI is InChI=1S/C8H11N3O/c1-5-6-3-12-4-7(6)8(9-2)11-10-5/h3-4H2,1-2H3,(H,9,11). The first-order valence-electron chi connectivity index (χ1n) is 3.93. The van der Waals surface area contributed by atoms with Crippen molar-refractivity contribution in [3.8, 4) is 0 Å². The van der Waals surface area contributed by atoms with Crippen molar-refractivity contribution in [2.45, 2.75) is 20.1 Å². The molecule has 2 heterocycles. The second-order valence-electron chi connectivity index (χ2n) is 2.83. The average molecular weight is 165 g/mol. The molecule has 4 heteroatoms. The molecular weight excluding hydrogens is 154 g/mol. The van der Waals surface area contributed by atoms with E-state index < -0.39 is 0 Å². The predicted octanol–water partition coefficient (Wildman–Crippen LogP) is 0.857. The molecule has 1 aliphatic rings. The molecule has 12 heavy (non-hydrogen) atoms. The van der Waals surface area contributed by atoms with Gasteiger partial charge in [0.05, 0.1) is 18.9 Å². The lowest BCUT2D eigenvalue weighted by Gasteiger charge is -2.04. The minimum atomic E-state index is 0.655. The maximum Gasteiger partial charge on any atom is 0.154 e. The molecule has 0 saturated heterocycles. The lowest BCUT2D eigenvalue weighted by molar-refractivity contribution is 0.134. The van der Waals surface area contributed by atoms with Crippen molar-refractivity contribution in [1.29, 1.82) is 0 Å². The fraction of sp³-hybridized carbons (Fsp3) is 0.500. The van der Waals surface area contributed by atoms with Gasteiger partial charge in [0.15, 0.2) is 5.82 Å². The Labute approximate surface area is 71.0 Å². The minimum absolute atomic E-state index is 0.655. The first-order chi connectivity index (χ1) is 5.83. The zero-order chi connectivity index (χ0) is 8.55. The van der Waals surface area contributed by atoms with Crippen molar-refractivity contribution in [3.63, 3.8) is 0 Å². The Hall–Kier alpha value is -1.16. The highest BCUT2D eigenvalue weighted by Gasteiger charge is 2.18. The number of anilines is 1. The maximum absolute atomic E-state index is 5.32. The third-order valence-electron chi connectivity index (χ3n) is 2.12. The average Bonchev–Trinajstić information content (AvgIpc) is 2.54. The summed E-state index contributed by atoms with van der Waals surface area (Å²) in [5.41, 5.74) is 3.32. The fourth-order valence-electron chi connectivity index (χ4n) is 1.41. The highest BCUT2D eigenvalue weighted by atomic mass is 16.5. The molecule has 0 spiro atoms. The van der Waals surface area contributed by atoms with Crippen LogP contribution >= 0.6 is 0 Å². The third-order valence-corrected chi connectivity index (χ3v) is 2.12. The SMILES string of the molecule is CNc1nnc(C)c2c1COC2. The molecule has 1 aromatic heterocycles. The molecule has 0 unspecified atom stereocenters. The smallest absolute Gasteiger partial charge is 0.154 e. The summed E-state index contributed by atoms with van der Waals surface area (Å²) < 4.78 is 5.32. The number of ether oxygens (including phenoxy) is 1. The van der Waals surface area contributed by atoms with E-state index in [0.29, 0.717) is 13.2 Å². The first-order valence-corrected chi connectivity index (χ1v) is 3.93. The van der Waals surface area contributed by atoms with Gasteiger partial charge in [0.2, 0.25) is 0 Å². The van der Waals surface area contributed by atoms with E-state index in [9.17, 15) is 0 Å². The van der Waals surface area contributed by atoms with Crippen LogP contribution in [0, 0.1) is 6.92 Å². The normalized spacial score (nSPS) is 14.5. The molecule has 4 nitrogen and oxygen atoms in total. The van der Waals surface area contributed by atoms with Crippen molar-refractivity contribution in [2.75, 3.05) is 12.4 Å². The van der Waals surface area contributed by atoms with E-state index in [1.165, 1.54) is 5.56 Å². The quantitative estimate of drug-likeness (QED) is 0.670. The number of aryl methyl sites for hydroxylation is 1. The van der Waals surface area contributed by atoms with E-state index in [-0.39, 0.29) is 0 Å². The van der Waals surface area contributed by atoms with Crippen LogP contribution in [0.15, 0.2) is 0 Å². The number of rotatable bonds is 1. The van der Waals surface area contributed by atoms with Crippen LogP contribution in [0.1, 0.15) is 16.8 Å². The number of nitrogens with one attached hydrogen (secondary N) is 1. The third kappa shape index (κ3) is 0.956. The monoisotopic (exact) mass is 165 g/mol. The van der Waals surface area contributed by atoms with Crippen molar-refractivity contribution in [1.82, 2.24) is 10.2 Å². The Kier molecular flexibility index (Phi) is 1.69. The van der Waals surface area contributed by atoms with Crippen LogP contribution in [-0.2, 0) is 18.0 Å². The van der Waals surface area contributed by atoms with Gasteiger partial charge in [-0.2, -0.15) is 5.10 Å². The molecule has 0 bridgehead atoms. The predicted molar refractivity (Wildman–Crippen MR) is 44.8 cm³/mol. The number of aromatic nitrogens is 2. The van der Waals surface area contributed by atoms with E-state index in [2.05, 4.69) is 15.5 Å². The number of nitrogens with zero attached hydrogens (tertiary/aromatic N) is 2. The van der Waals surface area contributed by atoms with Gasteiger partial charge in [0.1, 0.15) is 0 Å². The van der Waals surface area contributed by atoms with Gasteiger partial charge in [0.25, 0.3) is 0 Å². The lowest BCUT2D eigenvalue weighted by Crippen LogP contribution is -2.02. The summed E-state index contributed by atoms with van der Waals surface area (Å²) >= 11 is 0. The van der Waals surface area contributed by atoms with E-state index in [1.807, 2.05) is 14.0 Å². The molecule has 0 fully saturated rings. The molecule has 0 saturated carbocycles. The second-order valence-corrected chi connectivity index (χ2v) is 2.83. The Morgan fingerprint density at radius 2 is 2.00 bits per heavy atom. The summed E-state index contributed by atoms with van der Waals surface area (Å²) in [5.74, 6) is 0.841. The van der Waals surface area contributed by atoms with Crippen LogP contribution < -0.4 is 5.32 Å². The summed E-state index contributed by atoms with van der Waals surface area (Å²) in [6.07, 6.45) is 0. The molecule has 0 aromatic carbocycles. The van der Waals surface area contributed by atoms with Crippen molar-refractivity contribution in [2.24, 2.45) is 0 Å². The highest BCUT2D eigenvalue weighted by molar-refractivity contribution is 5.49. The maximum atomic E-state index is 5.32. The summed E-state index contributed by atoms with van der Waals surface area (Å²) in [4.78, 5) is 0. The van der Waals surface area contributed by atoms with E-state index >= 15 is 0 Å². The molecule has 0 amide bonds. The van der Waals surface area contributed by atoms with Gasteiger partial charge in [0, 0.05) is 18.2 Å². The van der Waals surface area contributed by atoms with E-state index in [1.54, 1.807) is 0 Å². The molecule has 0 aliphatic carbocycles. The zero-order valence-electron chi connectivity index (χ0n) is 7.22. The van der Waals surface area contributed by atoms with Crippen molar-refractivity contribution >= 4 is 5.82 Å². The number of fused-ring (bicyclic) bond motifs is 1. The first kappa shape index (κ1) is 7.49. The Morgan fingerprint density at radius 3 is 2.75 bits per heavy atom. The molecule has 0 radical (unpaired) electrons. The number of hydrogen-bond donors (Lipinski definition) is 1. The topological polar surface area (TPSA) is 47.0 Å². The van der Waals surface area contributed by atoms with Crippen LogP contribution in [0.4, 0.5) is 5.82 Å². The van der Waals surface area contributed by atoms with Gasteiger partial charge in [-0.1, -0.05) is 0 Å². The van der Waals surface area contributed by atoms with Gasteiger partial charge in [-0.15, -0.1) is 5.10 Å². The summed E-state index contributed by atoms with van der Waals surface area (Å²) in [6, 6.07) is 0. The van der Waals surface area contributed by atoms with Crippen molar-refractivity contribution < 1.29 is 4.74 Å². The van der Waals surface area contributed by atoms with Gasteiger partial charge < -0.3 is 10.1 Å². The van der Waals surface area contributed by atoms with E-state index in [4.69, 9.17) is 4.74 Å². The lowest BCUT2D eigenvalue weighted by atomic mass is 10.1. The van der Waals surface area contributed by atoms with Gasteiger partial charge >= 0.3 is 0 Å². The van der Waals surface area contributed by atoms with E-state index in [0.717, 1.165) is 17.1 Å². The Morgan fingerprint density at radius 1 is 1.25 bits per heavy atom. The van der Waals surface area contributed by atoms with Crippen LogP contribution in [0.25, 0.3) is 0 Å². The Bertz CT molecular complexity index is 311. The number of hydrogen-bond acceptors (Lipinski definition) is 4. The Balaban J connectivity index is 2.57.